The number of ketones is 1. The molecule has 0 saturated carbocycles. The van der Waals surface area contributed by atoms with Crippen LogP contribution in [0.15, 0.2) is 54.9 Å². The van der Waals surface area contributed by atoms with Gasteiger partial charge in [-0.2, -0.15) is 0 Å². The van der Waals surface area contributed by atoms with Crippen LogP contribution in [-0.2, 0) is 11.3 Å². The Bertz CT molecular complexity index is 2500. The number of Topliss-reactive ketones (excluding diaryl/α,β-unsaturated/α-hetero) is 1. The average molecular weight is 935 g/mol. The number of rotatable bonds is 9. The zero-order valence-electron chi connectivity index (χ0n) is 30.5. The molecular formula is C39H14BF20NO3. The Hall–Kier alpha value is -6.95. The Balaban J connectivity index is 0.000000337. The molecule has 0 atom stereocenters. The maximum atomic E-state index is 15.4. The van der Waals surface area contributed by atoms with Crippen LogP contribution in [0.1, 0.15) is 22.3 Å². The predicted octanol–water partition coefficient (Wildman–Crippen LogP) is 7.53. The Morgan fingerprint density at radius 3 is 0.891 bits per heavy atom. The summed E-state index contributed by atoms with van der Waals surface area (Å²) in [7, 11) is 0. The molecule has 1 aromatic heterocycles. The maximum absolute atomic E-state index is 15.4. The van der Waals surface area contributed by atoms with Gasteiger partial charge in [0.2, 0.25) is 0 Å². The number of hydrogen-bond acceptors (Lipinski definition) is 2. The minimum atomic E-state index is -7.22. The van der Waals surface area contributed by atoms with Gasteiger partial charge in [0, 0.05) is 23.3 Å². The SMILES string of the molecule is Fc1c(F)c(F)c([B-](c2c(F)c(F)c(F)c(F)c2F)(c2c(F)c(F)c(F)c(F)c2F)c2c(F)c(F)c(F)c(F)c2F)c(F)c1F.O=C(O)CC(=O)c1cc[n+](Cc2ccccc2)cc1. The molecule has 336 valence electrons. The minimum absolute atomic E-state index is 0.376. The van der Waals surface area contributed by atoms with E-state index in [1.165, 1.54) is 0 Å². The van der Waals surface area contributed by atoms with Crippen molar-refractivity contribution in [3.05, 3.63) is 182 Å². The van der Waals surface area contributed by atoms with Crippen LogP contribution in [0.4, 0.5) is 87.8 Å². The zero-order valence-corrected chi connectivity index (χ0v) is 30.5. The third kappa shape index (κ3) is 7.86. The predicted molar refractivity (Wildman–Crippen MR) is 178 cm³/mol. The summed E-state index contributed by atoms with van der Waals surface area (Å²) in [5, 5.41) is 8.57. The third-order valence-electron chi connectivity index (χ3n) is 9.44. The van der Waals surface area contributed by atoms with Crippen LogP contribution >= 0.6 is 0 Å². The molecule has 0 unspecified atom stereocenters. The fourth-order valence-electron chi connectivity index (χ4n) is 6.66. The lowest BCUT2D eigenvalue weighted by Gasteiger charge is -2.44. The fourth-order valence-corrected chi connectivity index (χ4v) is 6.66. The van der Waals surface area contributed by atoms with Crippen molar-refractivity contribution in [2.45, 2.75) is 13.0 Å². The number of aliphatic carboxylic acids is 1. The highest BCUT2D eigenvalue weighted by Crippen LogP contribution is 2.30. The number of pyridine rings is 1. The number of aromatic nitrogens is 1. The summed E-state index contributed by atoms with van der Waals surface area (Å²) in [5.41, 5.74) is -12.7. The first kappa shape index (κ1) is 48.1. The van der Waals surface area contributed by atoms with Crippen molar-refractivity contribution in [1.82, 2.24) is 0 Å². The topological polar surface area (TPSA) is 58.2 Å². The van der Waals surface area contributed by atoms with E-state index in [9.17, 15) is 62.3 Å². The Labute approximate surface area is 342 Å². The van der Waals surface area contributed by atoms with Crippen LogP contribution in [-0.4, -0.2) is 23.0 Å². The van der Waals surface area contributed by atoms with E-state index in [4.69, 9.17) is 5.11 Å². The lowest BCUT2D eigenvalue weighted by atomic mass is 9.12. The van der Waals surface area contributed by atoms with Gasteiger partial charge in [-0.15, -0.1) is 21.9 Å². The van der Waals surface area contributed by atoms with Gasteiger partial charge in [-0.25, -0.2) is 92.4 Å². The van der Waals surface area contributed by atoms with Gasteiger partial charge in [0.05, 0.1) is 0 Å². The highest BCUT2D eigenvalue weighted by molar-refractivity contribution is 7.20. The molecule has 0 saturated heterocycles. The van der Waals surface area contributed by atoms with Gasteiger partial charge in [-0.05, 0) is 0 Å². The lowest BCUT2D eigenvalue weighted by molar-refractivity contribution is -0.688. The summed E-state index contributed by atoms with van der Waals surface area (Å²) in [6.07, 6.45) is -4.13. The summed E-state index contributed by atoms with van der Waals surface area (Å²) >= 11 is 0. The third-order valence-corrected chi connectivity index (χ3v) is 9.44. The fraction of sp³-hybridized carbons (Fsp3) is 0.0513. The second-order valence-corrected chi connectivity index (χ2v) is 13.0. The molecule has 25 heteroatoms. The van der Waals surface area contributed by atoms with Crippen molar-refractivity contribution in [1.29, 1.82) is 0 Å². The molecule has 0 amide bonds. The maximum Gasteiger partial charge on any atom is 0.311 e. The van der Waals surface area contributed by atoms with Gasteiger partial charge in [0.1, 0.15) is 59.1 Å². The molecule has 1 N–H and O–H groups in total. The number of carbonyl (C=O) groups is 2. The van der Waals surface area contributed by atoms with Crippen LogP contribution in [0.25, 0.3) is 0 Å². The summed E-state index contributed by atoms with van der Waals surface area (Å²) in [6.45, 7) is 0.717. The molecule has 0 radical (unpaired) electrons. The van der Waals surface area contributed by atoms with Gasteiger partial charge < -0.3 is 5.11 Å². The van der Waals surface area contributed by atoms with Crippen molar-refractivity contribution in [3.8, 4) is 0 Å². The van der Waals surface area contributed by atoms with E-state index in [0.29, 0.717) is 12.1 Å². The summed E-state index contributed by atoms with van der Waals surface area (Å²) in [5.74, 6) is -72.9. The van der Waals surface area contributed by atoms with E-state index in [2.05, 4.69) is 0 Å². The Morgan fingerprint density at radius 1 is 0.391 bits per heavy atom. The average Bonchev–Trinajstić information content (AvgIpc) is 3.26. The molecule has 0 aliphatic heterocycles. The molecule has 6 rings (SSSR count). The van der Waals surface area contributed by atoms with E-state index in [1.807, 2.05) is 34.9 Å². The molecule has 1 heterocycles. The molecule has 0 fully saturated rings. The van der Waals surface area contributed by atoms with Crippen LogP contribution in [0, 0.1) is 116 Å². The molecule has 64 heavy (non-hydrogen) atoms. The van der Waals surface area contributed by atoms with E-state index in [1.54, 1.807) is 24.5 Å². The molecule has 0 spiro atoms. The Kier molecular flexibility index (Phi) is 13.6. The second kappa shape index (κ2) is 18.0. The first-order valence-corrected chi connectivity index (χ1v) is 16.9. The van der Waals surface area contributed by atoms with Crippen LogP contribution in [0.3, 0.4) is 0 Å². The van der Waals surface area contributed by atoms with Crippen LogP contribution < -0.4 is 26.4 Å². The lowest BCUT2D eigenvalue weighted by Crippen LogP contribution is -2.81. The van der Waals surface area contributed by atoms with Crippen molar-refractivity contribution in [2.24, 2.45) is 0 Å². The number of carboxylic acids is 1. The second-order valence-electron chi connectivity index (χ2n) is 13.0. The van der Waals surface area contributed by atoms with Gasteiger partial charge in [0.25, 0.3) is 0 Å². The largest absolute Gasteiger partial charge is 0.481 e. The van der Waals surface area contributed by atoms with Crippen molar-refractivity contribution in [3.63, 3.8) is 0 Å². The molecule has 4 nitrogen and oxygen atoms in total. The first-order valence-electron chi connectivity index (χ1n) is 16.9. The number of carboxylic acid groups (broad SMARTS) is 1. The quantitative estimate of drug-likeness (QED) is 0.0311. The van der Waals surface area contributed by atoms with Crippen molar-refractivity contribution < 1.29 is 107 Å². The number of nitrogens with zero attached hydrogens (tertiary/aromatic N) is 1. The Morgan fingerprint density at radius 2 is 0.641 bits per heavy atom. The molecule has 5 aromatic carbocycles. The van der Waals surface area contributed by atoms with E-state index in [0.717, 1.165) is 5.56 Å². The minimum Gasteiger partial charge on any atom is -0.481 e. The van der Waals surface area contributed by atoms with Gasteiger partial charge in [0.15, 0.2) is 94.5 Å². The number of benzene rings is 5. The van der Waals surface area contributed by atoms with Crippen LogP contribution in [0.2, 0.25) is 0 Å². The van der Waals surface area contributed by atoms with Crippen molar-refractivity contribution >= 4 is 39.7 Å². The first-order chi connectivity index (χ1) is 29.8. The van der Waals surface area contributed by atoms with Gasteiger partial charge >= 0.3 is 5.97 Å². The van der Waals surface area contributed by atoms with E-state index < -0.39 is 157 Å². The standard InChI is InChI=1S/C24BF20.C15H13NO3/c26-5-1(6(27)14(35)21(42)13(5)34)25(2-7(28)15(36)22(43)16(37)8(2)29,3-9(30)17(38)23(44)18(39)10(3)31)4-11(32)19(40)24(45)20(41)12(4)33;17-14(10-15(18)19)13-6-8-16(9-7-13)11-12-4-2-1-3-5-12/h;1-9H,10-11H2/q-1;/p+1. The smallest absolute Gasteiger partial charge is 0.311 e. The monoisotopic (exact) mass is 935 g/mol. The number of hydrogen-bond donors (Lipinski definition) is 1. The summed E-state index contributed by atoms with van der Waals surface area (Å²) < 4.78 is 296. The highest BCUT2D eigenvalue weighted by atomic mass is 19.2. The summed E-state index contributed by atoms with van der Waals surface area (Å²) in [4.78, 5) is 22.0. The highest BCUT2D eigenvalue weighted by Gasteiger charge is 2.52. The summed E-state index contributed by atoms with van der Waals surface area (Å²) in [6, 6.07) is 13.2. The molecule has 0 aliphatic rings. The molecule has 6 aromatic rings. The van der Waals surface area contributed by atoms with Crippen molar-refractivity contribution in [2.75, 3.05) is 0 Å². The van der Waals surface area contributed by atoms with Gasteiger partial charge in [-0.3, -0.25) is 9.59 Å². The van der Waals surface area contributed by atoms with E-state index in [-0.39, 0.29) is 5.78 Å². The van der Waals surface area contributed by atoms with E-state index >= 15 is 35.1 Å². The molecule has 0 aliphatic carbocycles. The van der Waals surface area contributed by atoms with Crippen LogP contribution in [0.5, 0.6) is 0 Å². The normalized spacial score (nSPS) is 11.4. The number of carbonyl (C=O) groups excluding carboxylic acids is 1. The number of halogens is 20. The zero-order chi connectivity index (χ0) is 48.0. The molecule has 0 bridgehead atoms. The van der Waals surface area contributed by atoms with Gasteiger partial charge in [-0.1, -0.05) is 30.3 Å². The molecular weight excluding hydrogens is 921 g/mol.